The maximum absolute atomic E-state index is 16.5. The van der Waals surface area contributed by atoms with Crippen LogP contribution in [0.2, 0.25) is 0 Å². The first-order valence-corrected chi connectivity index (χ1v) is 12.1. The molecule has 14 heteroatoms. The van der Waals surface area contributed by atoms with Gasteiger partial charge in [-0.15, -0.1) is 0 Å². The average Bonchev–Trinajstić information content (AvgIpc) is 3.07. The van der Waals surface area contributed by atoms with Gasteiger partial charge in [-0.2, -0.15) is 4.57 Å². The number of rotatable bonds is 9. The van der Waals surface area contributed by atoms with Gasteiger partial charge in [-0.3, -0.25) is 28.5 Å². The topological polar surface area (TPSA) is 175 Å². The number of carbonyl (C=O) groups excluding carboxylic acids is 4. The second-order valence-electron chi connectivity index (χ2n) is 9.94. The number of nitrogens with two attached hydrogens (primary N) is 1. The Morgan fingerprint density at radius 3 is 2.08 bits per heavy atom. The molecule has 1 saturated heterocycles. The molecular formula is C24H34FN3O10. The van der Waals surface area contributed by atoms with E-state index in [1.165, 1.54) is 27.7 Å². The molecule has 13 nitrogen and oxygen atoms in total. The van der Waals surface area contributed by atoms with Gasteiger partial charge in [0.05, 0.1) is 11.8 Å². The molecule has 38 heavy (non-hydrogen) atoms. The fourth-order valence-corrected chi connectivity index (χ4v) is 3.38. The summed E-state index contributed by atoms with van der Waals surface area (Å²) in [5.74, 6) is -8.63. The van der Waals surface area contributed by atoms with Crippen molar-refractivity contribution in [2.24, 2.45) is 23.5 Å². The van der Waals surface area contributed by atoms with Crippen molar-refractivity contribution in [3.05, 3.63) is 33.1 Å². The molecule has 5 atom stereocenters. The molecule has 2 N–H and O–H groups in total. The van der Waals surface area contributed by atoms with Gasteiger partial charge < -0.3 is 24.7 Å². The molecule has 0 aliphatic carbocycles. The summed E-state index contributed by atoms with van der Waals surface area (Å²) in [6.07, 6.45) is -4.72. The Labute approximate surface area is 218 Å². The number of esters is 3. The highest BCUT2D eigenvalue weighted by molar-refractivity contribution is 5.76. The Kier molecular flexibility index (Phi) is 9.72. The molecule has 0 unspecified atom stereocenters. The molecule has 0 bridgehead atoms. The summed E-state index contributed by atoms with van der Waals surface area (Å²) in [7, 11) is 0. The molecule has 0 amide bonds. The molecule has 0 spiro atoms. The lowest BCUT2D eigenvalue weighted by Crippen LogP contribution is -2.50. The second-order valence-corrected chi connectivity index (χ2v) is 9.94. The first kappa shape index (κ1) is 30.8. The summed E-state index contributed by atoms with van der Waals surface area (Å²) in [4.78, 5) is 74.4. The molecule has 0 saturated carbocycles. The van der Waals surface area contributed by atoms with E-state index in [4.69, 9.17) is 24.7 Å². The summed E-state index contributed by atoms with van der Waals surface area (Å²) in [5, 5.41) is 0. The number of ether oxygens (including phenoxy) is 4. The van der Waals surface area contributed by atoms with E-state index in [0.29, 0.717) is 4.57 Å². The number of aromatic nitrogens is 2. The van der Waals surface area contributed by atoms with E-state index >= 15 is 4.39 Å². The lowest BCUT2D eigenvalue weighted by molar-refractivity contribution is -0.226. The molecule has 1 aromatic rings. The molecule has 1 aliphatic rings. The highest BCUT2D eigenvalue weighted by Crippen LogP contribution is 2.42. The number of hydrogen-bond donors (Lipinski definition) is 1. The van der Waals surface area contributed by atoms with Crippen LogP contribution in [0.3, 0.4) is 0 Å². The van der Waals surface area contributed by atoms with Gasteiger partial charge >= 0.3 is 23.6 Å². The zero-order valence-corrected chi connectivity index (χ0v) is 22.3. The molecule has 0 radical (unpaired) electrons. The SMILES string of the molecule is CC(=O)n1c(=O)ccn([C@@H]2O[C@](F)(COC(=O)[C@@H](N)C(C)C)[C@@H](OC(=O)C(C)C)[C@H]2OC(=O)C(C)C)c1=O. The van der Waals surface area contributed by atoms with E-state index < -0.39 is 83.8 Å². The molecule has 1 fully saturated rings. The van der Waals surface area contributed by atoms with Gasteiger partial charge in [0, 0.05) is 19.2 Å². The van der Waals surface area contributed by atoms with Gasteiger partial charge in [-0.25, -0.2) is 9.18 Å². The third-order valence-corrected chi connectivity index (χ3v) is 5.76. The molecule has 1 aliphatic heterocycles. The first-order chi connectivity index (χ1) is 17.5. The third kappa shape index (κ3) is 6.54. The predicted octanol–water partition coefficient (Wildman–Crippen LogP) is 0.527. The number of carbonyl (C=O) groups is 4. The Morgan fingerprint density at radius 2 is 1.58 bits per heavy atom. The Balaban J connectivity index is 2.66. The van der Waals surface area contributed by atoms with Crippen molar-refractivity contribution in [2.75, 3.05) is 6.61 Å². The summed E-state index contributed by atoms with van der Waals surface area (Å²) >= 11 is 0. The van der Waals surface area contributed by atoms with Gasteiger partial charge in [0.2, 0.25) is 12.0 Å². The fraction of sp³-hybridized carbons (Fsp3) is 0.667. The van der Waals surface area contributed by atoms with Crippen LogP contribution in [-0.4, -0.2) is 63.7 Å². The van der Waals surface area contributed by atoms with Crippen molar-refractivity contribution in [3.8, 4) is 0 Å². The van der Waals surface area contributed by atoms with Crippen molar-refractivity contribution in [3.63, 3.8) is 0 Å². The van der Waals surface area contributed by atoms with Crippen LogP contribution in [0.5, 0.6) is 0 Å². The van der Waals surface area contributed by atoms with Crippen molar-refractivity contribution in [1.82, 2.24) is 9.13 Å². The normalized spacial score (nSPS) is 23.9. The minimum absolute atomic E-state index is 0.264. The minimum Gasteiger partial charge on any atom is -0.458 e. The van der Waals surface area contributed by atoms with Crippen LogP contribution in [0.25, 0.3) is 0 Å². The van der Waals surface area contributed by atoms with Gasteiger partial charge in [0.25, 0.3) is 11.4 Å². The third-order valence-electron chi connectivity index (χ3n) is 5.76. The second kappa shape index (κ2) is 12.0. The van der Waals surface area contributed by atoms with E-state index in [2.05, 4.69) is 0 Å². The number of halogens is 1. The largest absolute Gasteiger partial charge is 0.458 e. The summed E-state index contributed by atoms with van der Waals surface area (Å²) in [5.41, 5.74) is 3.58. The van der Waals surface area contributed by atoms with Crippen LogP contribution in [0.4, 0.5) is 4.39 Å². The summed E-state index contributed by atoms with van der Waals surface area (Å²) in [6.45, 7) is 9.02. The van der Waals surface area contributed by atoms with Gasteiger partial charge in [0.15, 0.2) is 18.9 Å². The summed E-state index contributed by atoms with van der Waals surface area (Å²) in [6, 6.07) is -0.258. The maximum Gasteiger partial charge on any atom is 0.340 e. The lowest BCUT2D eigenvalue weighted by atomic mass is 10.1. The van der Waals surface area contributed by atoms with Gasteiger partial charge in [-0.05, 0) is 5.92 Å². The standard InChI is InChI=1S/C24H34FN3O10/c1-11(2)16(26)22(33)35-10-24(25)18(37-21(32)13(5)6)17(36-20(31)12(3)4)19(38-24)27-9-8-15(30)28(14(7)29)23(27)34/h8-9,11-13,16-19H,10,26H2,1-7H3/t16-,17+,18-,19+,24+/m0/s1. The van der Waals surface area contributed by atoms with E-state index in [1.54, 1.807) is 13.8 Å². The van der Waals surface area contributed by atoms with Crippen LogP contribution in [-0.2, 0) is 33.3 Å². The molecule has 2 heterocycles. The first-order valence-electron chi connectivity index (χ1n) is 12.1. The molecular weight excluding hydrogens is 509 g/mol. The van der Waals surface area contributed by atoms with Crippen molar-refractivity contribution < 1.29 is 42.5 Å². The lowest BCUT2D eigenvalue weighted by Gasteiger charge is -2.28. The van der Waals surface area contributed by atoms with Crippen LogP contribution >= 0.6 is 0 Å². The van der Waals surface area contributed by atoms with E-state index in [0.717, 1.165) is 19.2 Å². The molecule has 0 aromatic carbocycles. The molecule has 212 valence electrons. The van der Waals surface area contributed by atoms with Gasteiger partial charge in [0.1, 0.15) is 6.04 Å². The van der Waals surface area contributed by atoms with Crippen LogP contribution in [0.15, 0.2) is 21.9 Å². The minimum atomic E-state index is -3.12. The predicted molar refractivity (Wildman–Crippen MR) is 128 cm³/mol. The Hall–Kier alpha value is -3.39. The number of hydrogen-bond acceptors (Lipinski definition) is 11. The van der Waals surface area contributed by atoms with E-state index in [-0.39, 0.29) is 10.5 Å². The monoisotopic (exact) mass is 543 g/mol. The highest BCUT2D eigenvalue weighted by atomic mass is 19.2. The smallest absolute Gasteiger partial charge is 0.340 e. The van der Waals surface area contributed by atoms with Crippen molar-refractivity contribution >= 4 is 23.8 Å². The maximum atomic E-state index is 16.5. The van der Waals surface area contributed by atoms with Gasteiger partial charge in [-0.1, -0.05) is 41.5 Å². The van der Waals surface area contributed by atoms with E-state index in [9.17, 15) is 28.8 Å². The van der Waals surface area contributed by atoms with Crippen LogP contribution < -0.4 is 17.0 Å². The highest BCUT2D eigenvalue weighted by Gasteiger charge is 2.62. The quantitative estimate of drug-likeness (QED) is 0.340. The van der Waals surface area contributed by atoms with Crippen LogP contribution in [0.1, 0.15) is 59.5 Å². The van der Waals surface area contributed by atoms with Crippen molar-refractivity contribution in [1.29, 1.82) is 0 Å². The summed E-state index contributed by atoms with van der Waals surface area (Å²) < 4.78 is 38.6. The van der Waals surface area contributed by atoms with Crippen LogP contribution in [0, 0.1) is 17.8 Å². The van der Waals surface area contributed by atoms with E-state index in [1.807, 2.05) is 0 Å². The zero-order chi connectivity index (χ0) is 29.1. The average molecular weight is 544 g/mol. The Morgan fingerprint density at radius 1 is 1.03 bits per heavy atom. The van der Waals surface area contributed by atoms with Crippen molar-refractivity contribution in [2.45, 2.75) is 78.8 Å². The fourth-order valence-electron chi connectivity index (χ4n) is 3.38. The zero-order valence-electron chi connectivity index (χ0n) is 22.3. The Bertz CT molecular complexity index is 1190. The number of nitrogens with zero attached hydrogens (tertiary/aromatic N) is 2. The molecule has 2 rings (SSSR count). The number of alkyl halides is 1. The molecule has 1 aromatic heterocycles.